The van der Waals surface area contributed by atoms with Crippen LogP contribution in [0, 0.1) is 24.0 Å². The molecule has 0 heterocycles. The van der Waals surface area contributed by atoms with Crippen LogP contribution in [0.25, 0.3) is 0 Å². The summed E-state index contributed by atoms with van der Waals surface area (Å²) in [5.74, 6) is 1.11. The third kappa shape index (κ3) is 6.27. The Kier molecular flexibility index (Phi) is 7.92. The Morgan fingerprint density at radius 2 is 1.77 bits per heavy atom. The molecule has 0 spiro atoms. The van der Waals surface area contributed by atoms with Crippen LogP contribution < -0.4 is 19.6 Å². The van der Waals surface area contributed by atoms with Crippen LogP contribution in [-0.4, -0.2) is 33.3 Å². The molecule has 3 aromatic rings. The molecule has 10 nitrogen and oxygen atoms in total. The van der Waals surface area contributed by atoms with Gasteiger partial charge in [0.25, 0.3) is 15.7 Å². The lowest BCUT2D eigenvalue weighted by Gasteiger charge is -2.14. The molecule has 0 aliphatic rings. The van der Waals surface area contributed by atoms with E-state index in [9.17, 15) is 18.5 Å². The third-order valence-corrected chi connectivity index (χ3v) is 6.38. The van der Waals surface area contributed by atoms with Gasteiger partial charge in [-0.25, -0.2) is 8.42 Å². The number of hydrogen-bond donors (Lipinski definition) is 2. The zero-order valence-corrected chi connectivity index (χ0v) is 20.5. The zero-order chi connectivity index (χ0) is 25.6. The van der Waals surface area contributed by atoms with Crippen molar-refractivity contribution in [3.63, 3.8) is 0 Å². The van der Waals surface area contributed by atoms with Crippen molar-refractivity contribution in [3.05, 3.63) is 81.4 Å². The van der Waals surface area contributed by atoms with E-state index in [1.807, 2.05) is 19.9 Å². The molecule has 0 radical (unpaired) electrons. The van der Waals surface area contributed by atoms with Crippen molar-refractivity contribution >= 4 is 33.3 Å². The van der Waals surface area contributed by atoms with Gasteiger partial charge in [0.05, 0.1) is 36.2 Å². The summed E-state index contributed by atoms with van der Waals surface area (Å²) in [6.07, 6.45) is 1.47. The van der Waals surface area contributed by atoms with Gasteiger partial charge in [-0.2, -0.15) is 5.10 Å². The highest BCUT2D eigenvalue weighted by Crippen LogP contribution is 2.30. The van der Waals surface area contributed by atoms with Crippen molar-refractivity contribution < 1.29 is 22.8 Å². The number of nitrogens with one attached hydrogen (secondary N) is 2. The number of sulfonamides is 1. The first-order chi connectivity index (χ1) is 16.6. The van der Waals surface area contributed by atoms with E-state index in [1.165, 1.54) is 25.5 Å². The second kappa shape index (κ2) is 10.9. The third-order valence-electron chi connectivity index (χ3n) is 4.98. The molecule has 0 unspecified atom stereocenters. The topological polar surface area (TPSA) is 132 Å². The number of anilines is 2. The quantitative estimate of drug-likeness (QED) is 0.232. The van der Waals surface area contributed by atoms with Crippen LogP contribution in [0.15, 0.2) is 64.6 Å². The fourth-order valence-corrected chi connectivity index (χ4v) is 4.59. The minimum absolute atomic E-state index is 0.0713. The lowest BCUT2D eigenvalue weighted by atomic mass is 10.1. The van der Waals surface area contributed by atoms with E-state index in [-0.39, 0.29) is 16.3 Å². The summed E-state index contributed by atoms with van der Waals surface area (Å²) in [6, 6.07) is 13.9. The molecule has 35 heavy (non-hydrogen) atoms. The molecule has 3 rings (SSSR count). The molecule has 0 saturated carbocycles. The minimum Gasteiger partial charge on any atom is -0.493 e. The predicted molar refractivity (Wildman–Crippen MR) is 135 cm³/mol. The second-order valence-electron chi connectivity index (χ2n) is 7.57. The molecule has 11 heteroatoms. The summed E-state index contributed by atoms with van der Waals surface area (Å²) >= 11 is 0. The first kappa shape index (κ1) is 25.5. The summed E-state index contributed by atoms with van der Waals surface area (Å²) in [5, 5.41) is 15.4. The molecule has 0 aromatic heterocycles. The van der Waals surface area contributed by atoms with Crippen molar-refractivity contribution in [2.45, 2.75) is 25.7 Å². The van der Waals surface area contributed by atoms with Gasteiger partial charge < -0.3 is 9.47 Å². The molecule has 2 N–H and O–H groups in total. The Bertz CT molecular complexity index is 1370. The van der Waals surface area contributed by atoms with Crippen molar-refractivity contribution in [3.8, 4) is 11.5 Å². The van der Waals surface area contributed by atoms with E-state index >= 15 is 0 Å². The van der Waals surface area contributed by atoms with Crippen LogP contribution >= 0.6 is 0 Å². The number of rotatable bonds is 10. The van der Waals surface area contributed by atoms with Gasteiger partial charge in [0.2, 0.25) is 0 Å². The molecule has 184 valence electrons. The summed E-state index contributed by atoms with van der Waals surface area (Å²) in [5.41, 5.74) is 5.12. The maximum atomic E-state index is 13.2. The number of ether oxygens (including phenoxy) is 2. The number of nitrogens with zero attached hydrogens (tertiary/aromatic N) is 2. The van der Waals surface area contributed by atoms with Gasteiger partial charge in [-0.15, -0.1) is 0 Å². The van der Waals surface area contributed by atoms with E-state index in [0.717, 1.165) is 17.2 Å². The van der Waals surface area contributed by atoms with E-state index in [1.54, 1.807) is 37.3 Å². The Morgan fingerprint density at radius 3 is 2.43 bits per heavy atom. The lowest BCUT2D eigenvalue weighted by Crippen LogP contribution is -2.16. The maximum absolute atomic E-state index is 13.2. The highest BCUT2D eigenvalue weighted by molar-refractivity contribution is 7.92. The van der Waals surface area contributed by atoms with Gasteiger partial charge in [-0.3, -0.25) is 20.3 Å². The molecule has 0 atom stereocenters. The van der Waals surface area contributed by atoms with E-state index < -0.39 is 14.9 Å². The van der Waals surface area contributed by atoms with Crippen molar-refractivity contribution in [1.82, 2.24) is 0 Å². The Labute approximate surface area is 203 Å². The molecule has 3 aromatic carbocycles. The minimum atomic E-state index is -4.18. The normalized spacial score (nSPS) is 11.3. The molecule has 0 saturated heterocycles. The summed E-state index contributed by atoms with van der Waals surface area (Å²) in [7, 11) is -2.66. The molecule has 0 aliphatic heterocycles. The highest BCUT2D eigenvalue weighted by Gasteiger charge is 2.23. The number of hydrogen-bond acceptors (Lipinski definition) is 8. The van der Waals surface area contributed by atoms with E-state index in [0.29, 0.717) is 29.4 Å². The predicted octanol–water partition coefficient (Wildman–Crippen LogP) is 4.87. The van der Waals surface area contributed by atoms with Crippen molar-refractivity contribution in [2.24, 2.45) is 5.10 Å². The maximum Gasteiger partial charge on any atom is 0.270 e. The molecule has 0 bridgehead atoms. The number of nitro groups is 1. The van der Waals surface area contributed by atoms with Gasteiger partial charge in [-0.1, -0.05) is 17.7 Å². The average Bonchev–Trinajstić information content (AvgIpc) is 2.82. The zero-order valence-electron chi connectivity index (χ0n) is 19.7. The summed E-state index contributed by atoms with van der Waals surface area (Å²) in [6.45, 7) is 6.02. The first-order valence-electron chi connectivity index (χ1n) is 10.6. The van der Waals surface area contributed by atoms with Gasteiger partial charge in [0.1, 0.15) is 4.90 Å². The number of non-ortho nitro benzene ring substituents is 1. The fraction of sp³-hybridized carbons (Fsp3) is 0.208. The largest absolute Gasteiger partial charge is 0.493 e. The molecule has 0 amide bonds. The number of nitro benzene ring substituents is 1. The number of aryl methyl sites for hydroxylation is 2. The van der Waals surface area contributed by atoms with Crippen molar-refractivity contribution in [2.75, 3.05) is 23.9 Å². The van der Waals surface area contributed by atoms with Crippen LogP contribution in [0.4, 0.5) is 17.1 Å². The van der Waals surface area contributed by atoms with Crippen molar-refractivity contribution in [1.29, 1.82) is 0 Å². The highest BCUT2D eigenvalue weighted by atomic mass is 32.2. The number of hydrazone groups is 1. The molecular formula is C24H26N4O6S. The second-order valence-corrected chi connectivity index (χ2v) is 9.23. The number of methoxy groups -OCH3 is 1. The summed E-state index contributed by atoms with van der Waals surface area (Å²) < 4.78 is 39.7. The Hall–Kier alpha value is -4.12. The van der Waals surface area contributed by atoms with Gasteiger partial charge >= 0.3 is 0 Å². The number of benzene rings is 3. The van der Waals surface area contributed by atoms with Crippen LogP contribution in [-0.2, 0) is 10.0 Å². The Morgan fingerprint density at radius 1 is 1.03 bits per heavy atom. The monoisotopic (exact) mass is 498 g/mol. The Balaban J connectivity index is 1.92. The van der Waals surface area contributed by atoms with Crippen LogP contribution in [0.1, 0.15) is 23.6 Å². The van der Waals surface area contributed by atoms with Gasteiger partial charge in [0.15, 0.2) is 11.5 Å². The molecule has 0 fully saturated rings. The standard InChI is InChI=1S/C24H26N4O6S/c1-5-34-22-11-7-18(13-23(22)33-4)15-25-26-21-10-8-19(28(29)30)14-24(21)35(31,32)27-20-9-6-16(2)12-17(20)3/h6-15,26-27H,5H2,1-4H3/b25-15+. The SMILES string of the molecule is CCOc1ccc(/C=N/Nc2ccc([N+](=O)[O-])cc2S(=O)(=O)Nc2ccc(C)cc2C)cc1OC. The van der Waals surface area contributed by atoms with Gasteiger partial charge in [0, 0.05) is 12.1 Å². The first-order valence-corrected chi connectivity index (χ1v) is 12.1. The van der Waals surface area contributed by atoms with Gasteiger partial charge in [-0.05, 0) is 62.2 Å². The molecular weight excluding hydrogens is 472 g/mol. The van der Waals surface area contributed by atoms with Crippen LogP contribution in [0.5, 0.6) is 11.5 Å². The summed E-state index contributed by atoms with van der Waals surface area (Å²) in [4.78, 5) is 10.3. The van der Waals surface area contributed by atoms with E-state index in [4.69, 9.17) is 9.47 Å². The fourth-order valence-electron chi connectivity index (χ4n) is 3.28. The van der Waals surface area contributed by atoms with E-state index in [2.05, 4.69) is 15.2 Å². The average molecular weight is 499 g/mol. The smallest absolute Gasteiger partial charge is 0.270 e. The molecule has 0 aliphatic carbocycles. The van der Waals surface area contributed by atoms with Crippen LogP contribution in [0.2, 0.25) is 0 Å². The van der Waals surface area contributed by atoms with Crippen LogP contribution in [0.3, 0.4) is 0 Å². The lowest BCUT2D eigenvalue weighted by molar-refractivity contribution is -0.385.